The van der Waals surface area contributed by atoms with Gasteiger partial charge in [0.15, 0.2) is 0 Å². The molecule has 0 N–H and O–H groups in total. The van der Waals surface area contributed by atoms with Crippen LogP contribution in [0.2, 0.25) is 0 Å². The summed E-state index contributed by atoms with van der Waals surface area (Å²) in [5.74, 6) is 0. The Labute approximate surface area is 138 Å². The lowest BCUT2D eigenvalue weighted by Crippen LogP contribution is -2.17. The first-order valence-electron chi connectivity index (χ1n) is 8.32. The predicted octanol–water partition coefficient (Wildman–Crippen LogP) is 6.28. The number of aryl methyl sites for hydroxylation is 1. The topological polar surface area (TPSA) is 0 Å². The lowest BCUT2D eigenvalue weighted by atomic mass is 9.78. The van der Waals surface area contributed by atoms with Crippen molar-refractivity contribution >= 4 is 0 Å². The maximum atomic E-state index is 2.36. The largest absolute Gasteiger partial charge is 0.0622 e. The highest BCUT2D eigenvalue weighted by Gasteiger charge is 2.38. The average molecular weight is 298 g/mol. The fraction of sp³-hybridized carbons (Fsp3) is 0.217. The molecule has 4 rings (SSSR count). The minimum Gasteiger partial charge on any atom is -0.0622 e. The molecule has 0 amide bonds. The van der Waals surface area contributed by atoms with Crippen LogP contribution in [0.15, 0.2) is 60.7 Å². The molecule has 0 radical (unpaired) electrons. The number of hydrogen-bond acceptors (Lipinski definition) is 0. The maximum Gasteiger partial charge on any atom is 0.0161 e. The molecular formula is C23H22. The molecular weight excluding hydrogens is 276 g/mol. The van der Waals surface area contributed by atoms with Crippen LogP contribution in [0.25, 0.3) is 22.3 Å². The van der Waals surface area contributed by atoms with E-state index in [-0.39, 0.29) is 5.41 Å². The van der Waals surface area contributed by atoms with Crippen LogP contribution in [0, 0.1) is 13.8 Å². The van der Waals surface area contributed by atoms with Crippen molar-refractivity contribution in [2.45, 2.75) is 33.1 Å². The molecule has 114 valence electrons. The first-order valence-corrected chi connectivity index (χ1v) is 8.32. The fourth-order valence-electron chi connectivity index (χ4n) is 4.20. The Balaban J connectivity index is 2.16. The van der Waals surface area contributed by atoms with Crippen LogP contribution in [0.3, 0.4) is 0 Å². The Morgan fingerprint density at radius 1 is 0.739 bits per heavy atom. The second-order valence-electron chi connectivity index (χ2n) is 7.15. The van der Waals surface area contributed by atoms with Crippen molar-refractivity contribution in [3.8, 4) is 22.3 Å². The van der Waals surface area contributed by atoms with Crippen molar-refractivity contribution in [2.24, 2.45) is 0 Å². The van der Waals surface area contributed by atoms with Crippen molar-refractivity contribution in [2.75, 3.05) is 0 Å². The van der Waals surface area contributed by atoms with Crippen LogP contribution >= 0.6 is 0 Å². The van der Waals surface area contributed by atoms with Crippen LogP contribution in [0.1, 0.15) is 36.1 Å². The van der Waals surface area contributed by atoms with Crippen LogP contribution in [0.4, 0.5) is 0 Å². The van der Waals surface area contributed by atoms with E-state index in [1.54, 1.807) is 0 Å². The molecule has 0 fully saturated rings. The van der Waals surface area contributed by atoms with Gasteiger partial charge in [0, 0.05) is 5.41 Å². The number of rotatable bonds is 1. The fourth-order valence-corrected chi connectivity index (χ4v) is 4.20. The molecule has 0 heteroatoms. The van der Waals surface area contributed by atoms with Gasteiger partial charge in [-0.05, 0) is 58.4 Å². The molecule has 0 aliphatic heterocycles. The van der Waals surface area contributed by atoms with Gasteiger partial charge in [-0.2, -0.15) is 0 Å². The summed E-state index contributed by atoms with van der Waals surface area (Å²) in [5.41, 5.74) is 11.3. The molecule has 1 aliphatic rings. The van der Waals surface area contributed by atoms with Crippen molar-refractivity contribution < 1.29 is 0 Å². The molecule has 0 bridgehead atoms. The summed E-state index contributed by atoms with van der Waals surface area (Å²) in [4.78, 5) is 0. The third-order valence-corrected chi connectivity index (χ3v) is 5.43. The zero-order valence-corrected chi connectivity index (χ0v) is 14.3. The van der Waals surface area contributed by atoms with Crippen molar-refractivity contribution in [3.63, 3.8) is 0 Å². The molecule has 3 aromatic carbocycles. The summed E-state index contributed by atoms with van der Waals surface area (Å²) >= 11 is 0. The van der Waals surface area contributed by atoms with E-state index < -0.39 is 0 Å². The summed E-state index contributed by atoms with van der Waals surface area (Å²) < 4.78 is 0. The Morgan fingerprint density at radius 2 is 1.39 bits per heavy atom. The van der Waals surface area contributed by atoms with Gasteiger partial charge in [0.05, 0.1) is 0 Å². The van der Waals surface area contributed by atoms with Gasteiger partial charge in [0.1, 0.15) is 0 Å². The van der Waals surface area contributed by atoms with Gasteiger partial charge in [-0.25, -0.2) is 0 Å². The predicted molar refractivity (Wildman–Crippen MR) is 98.9 cm³/mol. The minimum absolute atomic E-state index is 0.0611. The van der Waals surface area contributed by atoms with Gasteiger partial charge in [-0.15, -0.1) is 0 Å². The molecule has 0 heterocycles. The van der Waals surface area contributed by atoms with Crippen molar-refractivity contribution in [3.05, 3.63) is 82.9 Å². The molecule has 3 aromatic rings. The van der Waals surface area contributed by atoms with E-state index in [1.165, 1.54) is 44.5 Å². The second-order valence-corrected chi connectivity index (χ2v) is 7.15. The number of hydrogen-bond donors (Lipinski definition) is 0. The molecule has 0 nitrogen and oxygen atoms in total. The normalized spacial score (nSPS) is 14.4. The molecule has 0 saturated carbocycles. The van der Waals surface area contributed by atoms with Crippen molar-refractivity contribution in [1.29, 1.82) is 0 Å². The smallest absolute Gasteiger partial charge is 0.0161 e. The summed E-state index contributed by atoms with van der Waals surface area (Å²) in [6, 6.07) is 22.0. The van der Waals surface area contributed by atoms with Gasteiger partial charge < -0.3 is 0 Å². The zero-order chi connectivity index (χ0) is 16.2. The van der Waals surface area contributed by atoms with Gasteiger partial charge in [0.2, 0.25) is 0 Å². The van der Waals surface area contributed by atoms with Crippen molar-refractivity contribution in [1.82, 2.24) is 0 Å². The Bertz CT molecular complexity index is 899. The van der Waals surface area contributed by atoms with Gasteiger partial charge in [0.25, 0.3) is 0 Å². The van der Waals surface area contributed by atoms with Crippen LogP contribution in [0.5, 0.6) is 0 Å². The van der Waals surface area contributed by atoms with Crippen LogP contribution < -0.4 is 0 Å². The van der Waals surface area contributed by atoms with E-state index in [1.807, 2.05) is 0 Å². The van der Waals surface area contributed by atoms with E-state index in [0.717, 1.165) is 0 Å². The Morgan fingerprint density at radius 3 is 2.13 bits per heavy atom. The monoisotopic (exact) mass is 298 g/mol. The molecule has 0 spiro atoms. The highest BCUT2D eigenvalue weighted by molar-refractivity contribution is 5.93. The zero-order valence-electron chi connectivity index (χ0n) is 14.3. The van der Waals surface area contributed by atoms with E-state index in [4.69, 9.17) is 0 Å². The SMILES string of the molecule is Cc1cc(-c2ccccc2)c2c(c1C)C(C)(C)c1ccccc1-2. The molecule has 0 unspecified atom stereocenters. The molecule has 0 atom stereocenters. The standard InChI is InChI=1S/C23H22/c1-15-14-19(17-10-6-5-7-11-17)21-18-12-8-9-13-20(18)23(3,4)22(21)16(15)2/h5-14H,1-4H3. The van der Waals surface area contributed by atoms with E-state index >= 15 is 0 Å². The van der Waals surface area contributed by atoms with E-state index in [2.05, 4.69) is 88.4 Å². The summed E-state index contributed by atoms with van der Waals surface area (Å²) in [7, 11) is 0. The van der Waals surface area contributed by atoms with Crippen LogP contribution in [-0.4, -0.2) is 0 Å². The highest BCUT2D eigenvalue weighted by atomic mass is 14.4. The minimum atomic E-state index is 0.0611. The quantitative estimate of drug-likeness (QED) is 0.496. The summed E-state index contributed by atoms with van der Waals surface area (Å²) in [5, 5.41) is 0. The summed E-state index contributed by atoms with van der Waals surface area (Å²) in [6.45, 7) is 9.23. The van der Waals surface area contributed by atoms with E-state index in [9.17, 15) is 0 Å². The summed E-state index contributed by atoms with van der Waals surface area (Å²) in [6.07, 6.45) is 0. The third-order valence-electron chi connectivity index (χ3n) is 5.43. The molecule has 23 heavy (non-hydrogen) atoms. The van der Waals surface area contributed by atoms with Gasteiger partial charge in [-0.1, -0.05) is 74.5 Å². The average Bonchev–Trinajstić information content (AvgIpc) is 2.80. The maximum absolute atomic E-state index is 2.36. The number of fused-ring (bicyclic) bond motifs is 3. The lowest BCUT2D eigenvalue weighted by molar-refractivity contribution is 0.655. The lowest BCUT2D eigenvalue weighted by Gasteiger charge is -2.25. The molecule has 1 aliphatic carbocycles. The van der Waals surface area contributed by atoms with Gasteiger partial charge >= 0.3 is 0 Å². The second kappa shape index (κ2) is 4.83. The number of benzene rings is 3. The first-order chi connectivity index (χ1) is 11.0. The Hall–Kier alpha value is -2.34. The molecule has 0 saturated heterocycles. The van der Waals surface area contributed by atoms with E-state index in [0.29, 0.717) is 0 Å². The van der Waals surface area contributed by atoms with Gasteiger partial charge in [-0.3, -0.25) is 0 Å². The van der Waals surface area contributed by atoms with Crippen LogP contribution in [-0.2, 0) is 5.41 Å². The highest BCUT2D eigenvalue weighted by Crippen LogP contribution is 2.53. The first kappa shape index (κ1) is 14.3. The Kier molecular flexibility index (Phi) is 2.99. The third kappa shape index (κ3) is 1.91. The molecule has 0 aromatic heterocycles.